The number of rotatable bonds is 6. The van der Waals surface area contributed by atoms with Crippen LogP contribution in [0.2, 0.25) is 0 Å². The van der Waals surface area contributed by atoms with Crippen molar-refractivity contribution in [2.24, 2.45) is 10.2 Å². The van der Waals surface area contributed by atoms with Crippen molar-refractivity contribution < 1.29 is 4.79 Å². The largest absolute Gasteiger partial charge is 0.295 e. The summed E-state index contributed by atoms with van der Waals surface area (Å²) in [6, 6.07) is 20.3. The molecule has 5 nitrogen and oxygen atoms in total. The van der Waals surface area contributed by atoms with E-state index >= 15 is 0 Å². The first kappa shape index (κ1) is 18.8. The third-order valence-corrected chi connectivity index (χ3v) is 4.43. The van der Waals surface area contributed by atoms with Crippen molar-refractivity contribution in [2.75, 3.05) is 14.1 Å². The molecule has 5 heteroatoms. The molecule has 0 aliphatic heterocycles. The van der Waals surface area contributed by atoms with Gasteiger partial charge in [0.25, 0.3) is 0 Å². The van der Waals surface area contributed by atoms with Crippen molar-refractivity contribution in [1.29, 1.82) is 0 Å². The van der Waals surface area contributed by atoms with E-state index in [9.17, 15) is 4.79 Å². The molecule has 3 rings (SSSR count). The molecule has 1 saturated carbocycles. The zero-order chi connectivity index (χ0) is 19.1. The molecule has 0 bridgehead atoms. The lowest BCUT2D eigenvalue weighted by Gasteiger charge is -2.21. The summed E-state index contributed by atoms with van der Waals surface area (Å²) in [7, 11) is 3.83. The Morgan fingerprint density at radius 1 is 0.778 bits per heavy atom. The average molecular weight is 362 g/mol. The summed E-state index contributed by atoms with van der Waals surface area (Å²) < 4.78 is 0. The van der Waals surface area contributed by atoms with Gasteiger partial charge in [-0.3, -0.25) is 14.8 Å². The molecule has 0 saturated heterocycles. The number of hydrazone groups is 2. The molecule has 0 heterocycles. The smallest absolute Gasteiger partial charge is 0.184 e. The normalized spacial score (nSPS) is 17.3. The summed E-state index contributed by atoms with van der Waals surface area (Å²) in [6.45, 7) is 1.36. The number of benzene rings is 2. The van der Waals surface area contributed by atoms with E-state index in [1.807, 2.05) is 60.5 Å². The number of Topliss-reactive ketones (excluding diaryl/α,β-unsaturated/α-hetero) is 1. The average Bonchev–Trinajstić information content (AvgIpc) is 2.66. The SMILES string of the molecule is CN(Cc1ccccc1)N=C1CCCC(=O)C1=NN(C)Cc1ccccc1. The van der Waals surface area contributed by atoms with Crippen LogP contribution in [-0.2, 0) is 17.9 Å². The van der Waals surface area contributed by atoms with E-state index in [2.05, 4.69) is 29.4 Å². The van der Waals surface area contributed by atoms with Crippen molar-refractivity contribution in [2.45, 2.75) is 32.4 Å². The van der Waals surface area contributed by atoms with Crippen molar-refractivity contribution in [3.05, 3.63) is 71.8 Å². The summed E-state index contributed by atoms with van der Waals surface area (Å²) in [6.07, 6.45) is 2.15. The fourth-order valence-electron chi connectivity index (χ4n) is 3.17. The van der Waals surface area contributed by atoms with Gasteiger partial charge in [0.2, 0.25) is 0 Å². The fourth-order valence-corrected chi connectivity index (χ4v) is 3.17. The molecule has 0 atom stereocenters. The Hall–Kier alpha value is -2.95. The molecule has 27 heavy (non-hydrogen) atoms. The van der Waals surface area contributed by atoms with Gasteiger partial charge in [-0.05, 0) is 24.0 Å². The highest BCUT2D eigenvalue weighted by atomic mass is 16.1. The van der Waals surface area contributed by atoms with Crippen LogP contribution >= 0.6 is 0 Å². The molecule has 1 aliphatic rings. The Labute approximate surface area is 161 Å². The summed E-state index contributed by atoms with van der Waals surface area (Å²) in [5.41, 5.74) is 3.63. The number of carbonyl (C=O) groups is 1. The molecule has 0 amide bonds. The van der Waals surface area contributed by atoms with Crippen LogP contribution in [0.15, 0.2) is 70.9 Å². The number of ketones is 1. The van der Waals surface area contributed by atoms with Crippen LogP contribution in [0.4, 0.5) is 0 Å². The highest BCUT2D eigenvalue weighted by Crippen LogP contribution is 2.14. The van der Waals surface area contributed by atoms with Crippen LogP contribution < -0.4 is 0 Å². The first-order valence-corrected chi connectivity index (χ1v) is 9.31. The standard InChI is InChI=1S/C22H26N4O/c1-25(16-18-10-5-3-6-11-18)23-20-14-9-15-21(27)22(20)24-26(2)17-19-12-7-4-8-13-19/h3-8,10-13H,9,14-17H2,1-2H3. The molecule has 0 spiro atoms. The molecule has 0 unspecified atom stereocenters. The summed E-state index contributed by atoms with van der Waals surface area (Å²) in [5, 5.41) is 13.0. The van der Waals surface area contributed by atoms with Crippen LogP contribution in [-0.4, -0.2) is 41.3 Å². The molecule has 0 aromatic heterocycles. The Kier molecular flexibility index (Phi) is 6.36. The van der Waals surface area contributed by atoms with E-state index in [-0.39, 0.29) is 5.78 Å². The maximum atomic E-state index is 12.5. The second kappa shape index (κ2) is 9.12. The number of nitrogens with zero attached hydrogens (tertiary/aromatic N) is 4. The first-order valence-electron chi connectivity index (χ1n) is 9.31. The highest BCUT2D eigenvalue weighted by molar-refractivity contribution is 6.68. The molecular formula is C22H26N4O. The number of carbonyl (C=O) groups excluding carboxylic acids is 1. The molecule has 1 fully saturated rings. The van der Waals surface area contributed by atoms with Gasteiger partial charge < -0.3 is 0 Å². The second-order valence-corrected chi connectivity index (χ2v) is 6.87. The molecule has 140 valence electrons. The van der Waals surface area contributed by atoms with E-state index in [1.165, 1.54) is 5.56 Å². The minimum Gasteiger partial charge on any atom is -0.295 e. The Morgan fingerprint density at radius 2 is 1.30 bits per heavy atom. The number of hydrogen-bond donors (Lipinski definition) is 0. The lowest BCUT2D eigenvalue weighted by Crippen LogP contribution is -2.33. The minimum atomic E-state index is 0.0769. The Balaban J connectivity index is 1.74. The monoisotopic (exact) mass is 362 g/mol. The van der Waals surface area contributed by atoms with E-state index < -0.39 is 0 Å². The Bertz CT molecular complexity index is 815. The fraction of sp³-hybridized carbons (Fsp3) is 0.318. The van der Waals surface area contributed by atoms with Gasteiger partial charge in [-0.2, -0.15) is 10.2 Å². The van der Waals surface area contributed by atoms with Gasteiger partial charge in [0.1, 0.15) is 5.71 Å². The van der Waals surface area contributed by atoms with Gasteiger partial charge in [-0.1, -0.05) is 60.7 Å². The van der Waals surface area contributed by atoms with E-state index in [1.54, 1.807) is 0 Å². The number of hydrogen-bond acceptors (Lipinski definition) is 5. The maximum absolute atomic E-state index is 12.5. The first-order chi connectivity index (χ1) is 13.1. The zero-order valence-corrected chi connectivity index (χ0v) is 16.0. The third kappa shape index (κ3) is 5.51. The quantitative estimate of drug-likeness (QED) is 0.736. The maximum Gasteiger partial charge on any atom is 0.184 e. The second-order valence-electron chi connectivity index (χ2n) is 6.87. The molecule has 1 aliphatic carbocycles. The topological polar surface area (TPSA) is 48.3 Å². The van der Waals surface area contributed by atoms with Crippen LogP contribution in [0.1, 0.15) is 30.4 Å². The molecule has 0 N–H and O–H groups in total. The lowest BCUT2D eigenvalue weighted by molar-refractivity contribution is -0.113. The lowest BCUT2D eigenvalue weighted by atomic mass is 9.95. The van der Waals surface area contributed by atoms with E-state index in [4.69, 9.17) is 5.10 Å². The summed E-state index contributed by atoms with van der Waals surface area (Å²) in [4.78, 5) is 12.5. The van der Waals surface area contributed by atoms with E-state index in [0.29, 0.717) is 25.2 Å². The molecule has 2 aromatic rings. The van der Waals surface area contributed by atoms with Crippen molar-refractivity contribution in [3.63, 3.8) is 0 Å². The molecule has 2 aromatic carbocycles. The zero-order valence-electron chi connectivity index (χ0n) is 16.0. The van der Waals surface area contributed by atoms with Crippen LogP contribution in [0, 0.1) is 0 Å². The minimum absolute atomic E-state index is 0.0769. The molecular weight excluding hydrogens is 336 g/mol. The Morgan fingerprint density at radius 3 is 1.85 bits per heavy atom. The van der Waals surface area contributed by atoms with Crippen molar-refractivity contribution in [3.8, 4) is 0 Å². The van der Waals surface area contributed by atoms with Crippen molar-refractivity contribution >= 4 is 17.2 Å². The third-order valence-electron chi connectivity index (χ3n) is 4.43. The molecule has 0 radical (unpaired) electrons. The summed E-state index contributed by atoms with van der Waals surface area (Å²) in [5.74, 6) is 0.0769. The van der Waals surface area contributed by atoms with Gasteiger partial charge in [-0.25, -0.2) is 0 Å². The van der Waals surface area contributed by atoms with Crippen LogP contribution in [0.3, 0.4) is 0 Å². The van der Waals surface area contributed by atoms with Gasteiger partial charge in [0.05, 0.1) is 18.8 Å². The van der Waals surface area contributed by atoms with Crippen LogP contribution in [0.25, 0.3) is 0 Å². The van der Waals surface area contributed by atoms with Crippen LogP contribution in [0.5, 0.6) is 0 Å². The predicted octanol–water partition coefficient (Wildman–Crippen LogP) is 3.72. The summed E-state index contributed by atoms with van der Waals surface area (Å²) >= 11 is 0. The van der Waals surface area contributed by atoms with Gasteiger partial charge >= 0.3 is 0 Å². The van der Waals surface area contributed by atoms with Gasteiger partial charge in [0, 0.05) is 20.5 Å². The van der Waals surface area contributed by atoms with E-state index in [0.717, 1.165) is 24.1 Å². The predicted molar refractivity (Wildman–Crippen MR) is 110 cm³/mol. The highest BCUT2D eigenvalue weighted by Gasteiger charge is 2.25. The van der Waals surface area contributed by atoms with Gasteiger partial charge in [-0.15, -0.1) is 0 Å². The van der Waals surface area contributed by atoms with Gasteiger partial charge in [0.15, 0.2) is 5.78 Å². The van der Waals surface area contributed by atoms with Crippen molar-refractivity contribution in [1.82, 2.24) is 10.0 Å².